The van der Waals surface area contributed by atoms with E-state index in [9.17, 15) is 13.2 Å². The molecule has 0 saturated heterocycles. The lowest BCUT2D eigenvalue weighted by molar-refractivity contribution is -0.274. The predicted octanol–water partition coefficient (Wildman–Crippen LogP) is 4.15. The van der Waals surface area contributed by atoms with Gasteiger partial charge in [0.15, 0.2) is 0 Å². The van der Waals surface area contributed by atoms with Crippen molar-refractivity contribution in [2.75, 3.05) is 5.32 Å². The molecule has 0 fully saturated rings. The molecule has 1 atom stereocenters. The molecular weight excluding hydrogens is 269 g/mol. The molecule has 106 valence electrons. The van der Waals surface area contributed by atoms with E-state index in [1.54, 1.807) is 30.6 Å². The summed E-state index contributed by atoms with van der Waals surface area (Å²) in [5, 5.41) is 3.20. The zero-order valence-corrected chi connectivity index (χ0v) is 10.7. The van der Waals surface area contributed by atoms with E-state index in [-0.39, 0.29) is 11.8 Å². The third kappa shape index (κ3) is 4.15. The number of halogens is 3. The van der Waals surface area contributed by atoms with Crippen LogP contribution in [0.15, 0.2) is 48.8 Å². The topological polar surface area (TPSA) is 34.2 Å². The van der Waals surface area contributed by atoms with Crippen LogP contribution in [0.5, 0.6) is 5.75 Å². The Morgan fingerprint density at radius 3 is 2.40 bits per heavy atom. The fraction of sp³-hybridized carbons (Fsp3) is 0.214. The van der Waals surface area contributed by atoms with Crippen molar-refractivity contribution in [3.8, 4) is 5.75 Å². The first kappa shape index (κ1) is 14.2. The van der Waals surface area contributed by atoms with Crippen LogP contribution in [0.3, 0.4) is 0 Å². The van der Waals surface area contributed by atoms with Gasteiger partial charge in [-0.15, -0.1) is 13.2 Å². The fourth-order valence-electron chi connectivity index (χ4n) is 1.74. The summed E-state index contributed by atoms with van der Waals surface area (Å²) in [4.78, 5) is 3.98. The van der Waals surface area contributed by atoms with Gasteiger partial charge in [-0.1, -0.05) is 12.1 Å². The summed E-state index contributed by atoms with van der Waals surface area (Å²) in [6.07, 6.45) is -1.32. The van der Waals surface area contributed by atoms with E-state index in [1.807, 2.05) is 13.0 Å². The minimum absolute atomic E-state index is 0.0564. The SMILES string of the molecule is CC(Nc1cccnc1)c1ccc(OC(F)(F)F)cc1. The molecule has 3 nitrogen and oxygen atoms in total. The highest BCUT2D eigenvalue weighted by Crippen LogP contribution is 2.25. The van der Waals surface area contributed by atoms with Crippen molar-refractivity contribution in [1.82, 2.24) is 4.98 Å². The predicted molar refractivity (Wildman–Crippen MR) is 69.4 cm³/mol. The Labute approximate surface area is 114 Å². The number of hydrogen-bond donors (Lipinski definition) is 1. The number of rotatable bonds is 4. The van der Waals surface area contributed by atoms with Crippen molar-refractivity contribution in [3.05, 3.63) is 54.4 Å². The molecule has 2 rings (SSSR count). The standard InChI is InChI=1S/C14H13F3N2O/c1-10(19-12-3-2-8-18-9-12)11-4-6-13(7-5-11)20-14(15,16)17/h2-10,19H,1H3. The Kier molecular flexibility index (Phi) is 4.12. The zero-order chi connectivity index (χ0) is 14.6. The maximum Gasteiger partial charge on any atom is 0.573 e. The average Bonchev–Trinajstić information content (AvgIpc) is 2.39. The largest absolute Gasteiger partial charge is 0.573 e. The van der Waals surface area contributed by atoms with Gasteiger partial charge in [0.25, 0.3) is 0 Å². The van der Waals surface area contributed by atoms with Crippen molar-refractivity contribution in [1.29, 1.82) is 0 Å². The van der Waals surface area contributed by atoms with Crippen molar-refractivity contribution >= 4 is 5.69 Å². The number of aromatic nitrogens is 1. The first-order valence-electron chi connectivity index (χ1n) is 5.96. The zero-order valence-electron chi connectivity index (χ0n) is 10.7. The number of benzene rings is 1. The van der Waals surface area contributed by atoms with Crippen LogP contribution in [0.25, 0.3) is 0 Å². The van der Waals surface area contributed by atoms with E-state index in [4.69, 9.17) is 0 Å². The molecule has 1 aromatic carbocycles. The highest BCUT2D eigenvalue weighted by molar-refractivity contribution is 5.43. The Hall–Kier alpha value is -2.24. The molecule has 0 aliphatic rings. The van der Waals surface area contributed by atoms with E-state index in [1.165, 1.54) is 12.1 Å². The van der Waals surface area contributed by atoms with Gasteiger partial charge in [0, 0.05) is 18.4 Å². The smallest absolute Gasteiger partial charge is 0.406 e. The Morgan fingerprint density at radius 1 is 1.15 bits per heavy atom. The molecule has 0 spiro atoms. The van der Waals surface area contributed by atoms with E-state index in [0.29, 0.717) is 0 Å². The van der Waals surface area contributed by atoms with Crippen molar-refractivity contribution < 1.29 is 17.9 Å². The number of nitrogens with zero attached hydrogens (tertiary/aromatic N) is 1. The molecule has 1 N–H and O–H groups in total. The highest BCUT2D eigenvalue weighted by atomic mass is 19.4. The van der Waals surface area contributed by atoms with Gasteiger partial charge in [-0.3, -0.25) is 4.98 Å². The van der Waals surface area contributed by atoms with E-state index in [0.717, 1.165) is 11.3 Å². The number of anilines is 1. The molecule has 1 heterocycles. The lowest BCUT2D eigenvalue weighted by atomic mass is 10.1. The molecule has 20 heavy (non-hydrogen) atoms. The van der Waals surface area contributed by atoms with Crippen molar-refractivity contribution in [3.63, 3.8) is 0 Å². The third-order valence-corrected chi connectivity index (χ3v) is 2.66. The van der Waals surface area contributed by atoms with Crippen molar-refractivity contribution in [2.45, 2.75) is 19.3 Å². The molecule has 6 heteroatoms. The third-order valence-electron chi connectivity index (χ3n) is 2.66. The fourth-order valence-corrected chi connectivity index (χ4v) is 1.74. The Bertz CT molecular complexity index is 541. The number of nitrogens with one attached hydrogen (secondary N) is 1. The molecule has 2 aromatic rings. The van der Waals surface area contributed by atoms with Gasteiger partial charge in [0.1, 0.15) is 5.75 Å². The summed E-state index contributed by atoms with van der Waals surface area (Å²) in [6, 6.07) is 9.39. The Morgan fingerprint density at radius 2 is 1.85 bits per heavy atom. The summed E-state index contributed by atoms with van der Waals surface area (Å²) in [5.74, 6) is -0.227. The molecule has 0 amide bonds. The van der Waals surface area contributed by atoms with E-state index in [2.05, 4.69) is 15.0 Å². The van der Waals surface area contributed by atoms with Crippen LogP contribution in [0.4, 0.5) is 18.9 Å². The summed E-state index contributed by atoms with van der Waals surface area (Å²) in [7, 11) is 0. The minimum atomic E-state index is -4.67. The van der Waals surface area contributed by atoms with E-state index < -0.39 is 6.36 Å². The minimum Gasteiger partial charge on any atom is -0.406 e. The number of alkyl halides is 3. The number of pyridine rings is 1. The first-order chi connectivity index (χ1) is 9.44. The van der Waals surface area contributed by atoms with Crippen LogP contribution in [-0.4, -0.2) is 11.3 Å². The van der Waals surface area contributed by atoms with Crippen LogP contribution >= 0.6 is 0 Å². The first-order valence-corrected chi connectivity index (χ1v) is 5.96. The lowest BCUT2D eigenvalue weighted by Crippen LogP contribution is -2.17. The summed E-state index contributed by atoms with van der Waals surface area (Å²) in [5.41, 5.74) is 1.69. The molecule has 0 radical (unpaired) electrons. The summed E-state index contributed by atoms with van der Waals surface area (Å²) >= 11 is 0. The second-order valence-electron chi connectivity index (χ2n) is 4.22. The van der Waals surface area contributed by atoms with Gasteiger partial charge in [-0.05, 0) is 36.8 Å². The molecule has 0 aliphatic carbocycles. The second kappa shape index (κ2) is 5.81. The van der Waals surface area contributed by atoms with Crippen LogP contribution in [0.2, 0.25) is 0 Å². The van der Waals surface area contributed by atoms with Crippen LogP contribution in [0.1, 0.15) is 18.5 Å². The second-order valence-corrected chi connectivity index (χ2v) is 4.22. The van der Waals surface area contributed by atoms with Gasteiger partial charge in [0.05, 0.1) is 5.69 Å². The van der Waals surface area contributed by atoms with E-state index >= 15 is 0 Å². The van der Waals surface area contributed by atoms with Crippen LogP contribution in [0, 0.1) is 0 Å². The van der Waals surface area contributed by atoms with Gasteiger partial charge in [-0.25, -0.2) is 0 Å². The molecular formula is C14H13F3N2O. The highest BCUT2D eigenvalue weighted by Gasteiger charge is 2.30. The number of ether oxygens (including phenoxy) is 1. The monoisotopic (exact) mass is 282 g/mol. The maximum absolute atomic E-state index is 12.0. The summed E-state index contributed by atoms with van der Waals surface area (Å²) in [6.45, 7) is 1.91. The van der Waals surface area contributed by atoms with Gasteiger partial charge in [-0.2, -0.15) is 0 Å². The maximum atomic E-state index is 12.0. The molecule has 0 aliphatic heterocycles. The van der Waals surface area contributed by atoms with Crippen LogP contribution in [-0.2, 0) is 0 Å². The lowest BCUT2D eigenvalue weighted by Gasteiger charge is -2.16. The normalized spacial score (nSPS) is 12.8. The quantitative estimate of drug-likeness (QED) is 0.914. The van der Waals surface area contributed by atoms with Gasteiger partial charge >= 0.3 is 6.36 Å². The average molecular weight is 282 g/mol. The van der Waals surface area contributed by atoms with Gasteiger partial charge in [0.2, 0.25) is 0 Å². The molecule has 1 unspecified atom stereocenters. The molecule has 1 aromatic heterocycles. The van der Waals surface area contributed by atoms with Crippen LogP contribution < -0.4 is 10.1 Å². The molecule has 0 saturated carbocycles. The summed E-state index contributed by atoms with van der Waals surface area (Å²) < 4.78 is 40.0. The molecule has 0 bridgehead atoms. The van der Waals surface area contributed by atoms with Gasteiger partial charge < -0.3 is 10.1 Å². The van der Waals surface area contributed by atoms with Crippen molar-refractivity contribution in [2.24, 2.45) is 0 Å². The Balaban J connectivity index is 2.02. The number of hydrogen-bond acceptors (Lipinski definition) is 3.